The molecule has 0 rings (SSSR count). The van der Waals surface area contributed by atoms with Gasteiger partial charge >= 0.3 is 0 Å². The number of hydrogen-bond acceptors (Lipinski definition) is 7. The molecule has 5 unspecified atom stereocenters. The zero-order valence-corrected chi connectivity index (χ0v) is 29.7. The zero-order valence-electron chi connectivity index (χ0n) is 28.8. The van der Waals surface area contributed by atoms with Crippen molar-refractivity contribution in [1.82, 2.24) is 0 Å². The molecule has 0 aliphatic carbocycles. The molecular weight excluding hydrogens is 553 g/mol. The fourth-order valence-electron chi connectivity index (χ4n) is 5.13. The summed E-state index contributed by atoms with van der Waals surface area (Å²) in [5, 5.41) is 10.00. The number of unbranched alkanes of at least 4 members (excludes halogenated alkanes) is 2. The van der Waals surface area contributed by atoms with Crippen LogP contribution in [0.2, 0.25) is 0 Å². The molecule has 0 aliphatic rings. The van der Waals surface area contributed by atoms with Crippen LogP contribution in [0.25, 0.3) is 0 Å². The van der Waals surface area contributed by atoms with Gasteiger partial charge in [0.2, 0.25) is 0 Å². The number of ketones is 1. The third-order valence-electron chi connectivity index (χ3n) is 7.97. The van der Waals surface area contributed by atoms with Crippen LogP contribution in [0.3, 0.4) is 0 Å². The molecule has 0 aromatic rings. The number of carbonyl (C=O) groups is 1. The average molecular weight is 622 g/mol. The summed E-state index contributed by atoms with van der Waals surface area (Å²) in [6, 6.07) is 0. The van der Waals surface area contributed by atoms with E-state index >= 15 is 0 Å². The first-order valence-corrected chi connectivity index (χ1v) is 18.3. The lowest BCUT2D eigenvalue weighted by Gasteiger charge is -2.32. The lowest BCUT2D eigenvalue weighted by atomic mass is 9.90. The van der Waals surface area contributed by atoms with Gasteiger partial charge in [0.25, 0.3) is 7.82 Å². The summed E-state index contributed by atoms with van der Waals surface area (Å²) < 4.78 is 29.1. The summed E-state index contributed by atoms with van der Waals surface area (Å²) in [5.74, 6) is 2.16. The van der Waals surface area contributed by atoms with Gasteiger partial charge < -0.3 is 28.3 Å². The third-order valence-corrected chi connectivity index (χ3v) is 9.00. The van der Waals surface area contributed by atoms with Gasteiger partial charge in [-0.2, -0.15) is 0 Å². The summed E-state index contributed by atoms with van der Waals surface area (Å²) in [6.45, 7) is 13.5. The SMILES string of the molecule is CCCCCOC(C(=O)CC(C)CCCC(C)CCCC(C)CCCC(C)C)[C@H](CO)OP(=O)([O-])OCC[N+](C)(C)C. The maximum atomic E-state index is 13.3. The standard InChI is InChI=1S/C33H68NO7P/c1-10-11-12-23-39-33(32(26-35)41-42(37,38)40-24-22-34(7,8)9)31(36)25-30(6)21-15-20-29(5)19-14-18-28(4)17-13-16-27(2)3/h27-30,32-33,35H,10-26H2,1-9H3/t28?,29?,30?,32-,33?/m0/s1. The van der Waals surface area contributed by atoms with Crippen LogP contribution >= 0.6 is 7.82 Å². The van der Waals surface area contributed by atoms with Crippen LogP contribution in [0.15, 0.2) is 0 Å². The van der Waals surface area contributed by atoms with Gasteiger partial charge in [-0.3, -0.25) is 9.36 Å². The van der Waals surface area contributed by atoms with Crippen molar-refractivity contribution in [2.24, 2.45) is 23.7 Å². The number of phosphoric ester groups is 1. The molecule has 252 valence electrons. The monoisotopic (exact) mass is 621 g/mol. The molecule has 0 bridgehead atoms. The Bertz CT molecular complexity index is 728. The number of ether oxygens (including phenoxy) is 1. The maximum Gasteiger partial charge on any atom is 0.268 e. The van der Waals surface area contributed by atoms with E-state index in [1.54, 1.807) is 0 Å². The molecule has 8 nitrogen and oxygen atoms in total. The number of carbonyl (C=O) groups excluding carboxylic acids is 1. The lowest BCUT2D eigenvalue weighted by Crippen LogP contribution is -2.42. The summed E-state index contributed by atoms with van der Waals surface area (Å²) in [5.41, 5.74) is 0. The molecule has 6 atom stereocenters. The van der Waals surface area contributed by atoms with E-state index < -0.39 is 26.6 Å². The molecular formula is C33H68NO7P. The Labute approximate surface area is 259 Å². The molecule has 0 heterocycles. The second kappa shape index (κ2) is 23.1. The van der Waals surface area contributed by atoms with Crippen molar-refractivity contribution < 1.29 is 37.6 Å². The van der Waals surface area contributed by atoms with Crippen LogP contribution in [0.5, 0.6) is 0 Å². The highest BCUT2D eigenvalue weighted by atomic mass is 31.2. The molecule has 0 saturated carbocycles. The summed E-state index contributed by atoms with van der Waals surface area (Å²) in [6.07, 6.45) is 11.4. The quantitative estimate of drug-likeness (QED) is 0.0561. The van der Waals surface area contributed by atoms with Crippen LogP contribution in [-0.4, -0.2) is 75.1 Å². The molecule has 0 aromatic carbocycles. The van der Waals surface area contributed by atoms with Gasteiger partial charge in [0, 0.05) is 13.0 Å². The molecule has 0 aromatic heterocycles. The molecule has 0 fully saturated rings. The molecule has 0 saturated heterocycles. The highest BCUT2D eigenvalue weighted by molar-refractivity contribution is 7.45. The van der Waals surface area contributed by atoms with Gasteiger partial charge in [0.15, 0.2) is 5.78 Å². The van der Waals surface area contributed by atoms with Gasteiger partial charge in [-0.25, -0.2) is 0 Å². The molecule has 0 aliphatic heterocycles. The van der Waals surface area contributed by atoms with E-state index in [4.69, 9.17) is 13.8 Å². The Morgan fingerprint density at radius 2 is 1.33 bits per heavy atom. The van der Waals surface area contributed by atoms with E-state index in [2.05, 4.69) is 41.5 Å². The first-order valence-electron chi connectivity index (χ1n) is 16.8. The number of aliphatic hydroxyl groups is 1. The number of phosphoric acid groups is 1. The first kappa shape index (κ1) is 41.7. The Morgan fingerprint density at radius 1 is 0.810 bits per heavy atom. The second-order valence-electron chi connectivity index (χ2n) is 14.3. The van der Waals surface area contributed by atoms with Crippen molar-refractivity contribution >= 4 is 13.6 Å². The Morgan fingerprint density at radius 3 is 1.81 bits per heavy atom. The topological polar surface area (TPSA) is 105 Å². The molecule has 0 radical (unpaired) electrons. The number of quaternary nitrogens is 1. The summed E-state index contributed by atoms with van der Waals surface area (Å²) in [4.78, 5) is 25.8. The largest absolute Gasteiger partial charge is 0.756 e. The zero-order chi connectivity index (χ0) is 32.2. The van der Waals surface area contributed by atoms with Gasteiger partial charge in [-0.1, -0.05) is 112 Å². The highest BCUT2D eigenvalue weighted by Crippen LogP contribution is 2.41. The fraction of sp³-hybridized carbons (Fsp3) is 0.970. The van der Waals surface area contributed by atoms with Crippen molar-refractivity contribution in [3.8, 4) is 0 Å². The van der Waals surface area contributed by atoms with Crippen molar-refractivity contribution in [2.45, 2.75) is 137 Å². The molecule has 0 spiro atoms. The minimum Gasteiger partial charge on any atom is -0.756 e. The van der Waals surface area contributed by atoms with E-state index in [9.17, 15) is 19.4 Å². The predicted octanol–water partition coefficient (Wildman–Crippen LogP) is 7.16. The van der Waals surface area contributed by atoms with E-state index in [1.165, 1.54) is 38.5 Å². The molecule has 9 heteroatoms. The van der Waals surface area contributed by atoms with Gasteiger partial charge in [0.05, 0.1) is 27.7 Å². The summed E-state index contributed by atoms with van der Waals surface area (Å²) >= 11 is 0. The van der Waals surface area contributed by atoms with Gasteiger partial charge in [-0.05, 0) is 30.1 Å². The Hall–Kier alpha value is -0.340. The highest BCUT2D eigenvalue weighted by Gasteiger charge is 2.33. The minimum absolute atomic E-state index is 0.0504. The van der Waals surface area contributed by atoms with E-state index in [0.29, 0.717) is 23.6 Å². The van der Waals surface area contributed by atoms with Crippen molar-refractivity contribution in [3.05, 3.63) is 0 Å². The second-order valence-corrected chi connectivity index (χ2v) is 15.7. The number of likely N-dealkylation sites (N-methyl/N-ethyl adjacent to an activating group) is 1. The number of rotatable bonds is 28. The lowest BCUT2D eigenvalue weighted by molar-refractivity contribution is -0.870. The number of hydrogen-bond donors (Lipinski definition) is 1. The smallest absolute Gasteiger partial charge is 0.268 e. The third kappa shape index (κ3) is 23.1. The fourth-order valence-corrected chi connectivity index (χ4v) is 6.01. The maximum absolute atomic E-state index is 13.3. The van der Waals surface area contributed by atoms with E-state index in [1.807, 2.05) is 21.1 Å². The number of Topliss-reactive ketones (excluding diaryl/α,β-unsaturated/α-hetero) is 1. The average Bonchev–Trinajstić information content (AvgIpc) is 2.86. The first-order chi connectivity index (χ1) is 19.6. The van der Waals surface area contributed by atoms with E-state index in [0.717, 1.165) is 50.4 Å². The van der Waals surface area contributed by atoms with Crippen LogP contribution < -0.4 is 4.89 Å². The molecule has 1 N–H and O–H groups in total. The van der Waals surface area contributed by atoms with Gasteiger partial charge in [0.1, 0.15) is 25.4 Å². The molecule has 42 heavy (non-hydrogen) atoms. The van der Waals surface area contributed by atoms with E-state index in [-0.39, 0.29) is 24.7 Å². The van der Waals surface area contributed by atoms with Crippen molar-refractivity contribution in [1.29, 1.82) is 0 Å². The Balaban J connectivity index is 4.79. The predicted molar refractivity (Wildman–Crippen MR) is 171 cm³/mol. The Kier molecular flexibility index (Phi) is 22.9. The number of aliphatic hydroxyl groups excluding tert-OH is 1. The van der Waals surface area contributed by atoms with Crippen LogP contribution in [0.4, 0.5) is 0 Å². The van der Waals surface area contributed by atoms with Crippen LogP contribution in [-0.2, 0) is 23.1 Å². The van der Waals surface area contributed by atoms with Crippen molar-refractivity contribution in [2.75, 3.05) is 47.5 Å². The normalized spacial score (nSPS) is 17.5. The van der Waals surface area contributed by atoms with Crippen LogP contribution in [0, 0.1) is 23.7 Å². The number of nitrogens with zero attached hydrogens (tertiary/aromatic N) is 1. The van der Waals surface area contributed by atoms with Crippen LogP contribution in [0.1, 0.15) is 125 Å². The molecule has 0 amide bonds. The minimum atomic E-state index is -4.73. The summed E-state index contributed by atoms with van der Waals surface area (Å²) in [7, 11) is 1.04. The van der Waals surface area contributed by atoms with Crippen molar-refractivity contribution in [3.63, 3.8) is 0 Å². The van der Waals surface area contributed by atoms with Gasteiger partial charge in [-0.15, -0.1) is 0 Å².